The summed E-state index contributed by atoms with van der Waals surface area (Å²) in [6.45, 7) is 10.1. The van der Waals surface area contributed by atoms with Gasteiger partial charge in [-0.2, -0.15) is 0 Å². The molecular weight excluding hydrogens is 265 g/mol. The Morgan fingerprint density at radius 2 is 1.76 bits per heavy atom. The summed E-state index contributed by atoms with van der Waals surface area (Å²) in [7, 11) is 0. The van der Waals surface area contributed by atoms with E-state index in [1.54, 1.807) is 0 Å². The van der Waals surface area contributed by atoms with Gasteiger partial charge < -0.3 is 10.1 Å². The van der Waals surface area contributed by atoms with Crippen LogP contribution in [0.1, 0.15) is 65.0 Å². The normalized spacial score (nSPS) is 13.4. The summed E-state index contributed by atoms with van der Waals surface area (Å²) in [4.78, 5) is 0. The van der Waals surface area contributed by atoms with Crippen molar-refractivity contribution >= 4 is 0 Å². The van der Waals surface area contributed by atoms with Gasteiger partial charge in [0.25, 0.3) is 0 Å². The van der Waals surface area contributed by atoms with Crippen LogP contribution in [0.25, 0.3) is 0 Å². The number of unbranched alkanes of at least 4 members (excludes halogenated alkanes) is 3. The number of hydrogen-bond acceptors (Lipinski definition) is 2. The topological polar surface area (TPSA) is 21.3 Å². The van der Waals surface area contributed by atoms with Crippen molar-refractivity contribution in [3.8, 4) is 0 Å². The summed E-state index contributed by atoms with van der Waals surface area (Å²) < 4.78 is 19.1. The molecule has 0 saturated carbocycles. The lowest BCUT2D eigenvalue weighted by molar-refractivity contribution is 0.0456. The van der Waals surface area contributed by atoms with Gasteiger partial charge in [0.2, 0.25) is 0 Å². The summed E-state index contributed by atoms with van der Waals surface area (Å²) in [5, 5.41) is 3.47. The van der Waals surface area contributed by atoms with E-state index in [0.29, 0.717) is 0 Å². The molecule has 0 aliphatic heterocycles. The van der Waals surface area contributed by atoms with Crippen LogP contribution in [-0.4, -0.2) is 18.7 Å². The van der Waals surface area contributed by atoms with Gasteiger partial charge >= 0.3 is 0 Å². The molecule has 0 aliphatic rings. The molecule has 3 heteroatoms. The van der Waals surface area contributed by atoms with Gasteiger partial charge in [0, 0.05) is 18.7 Å². The fourth-order valence-corrected chi connectivity index (χ4v) is 2.10. The number of halogens is 1. The molecule has 0 fully saturated rings. The Morgan fingerprint density at radius 1 is 1.10 bits per heavy atom. The Morgan fingerprint density at radius 3 is 2.33 bits per heavy atom. The molecule has 21 heavy (non-hydrogen) atoms. The number of rotatable bonds is 9. The fourth-order valence-electron chi connectivity index (χ4n) is 2.10. The zero-order chi connectivity index (χ0) is 15.7. The molecule has 0 spiro atoms. The standard InChI is InChI=1S/C18H30FNO/c1-5-6-7-8-13-21-17(14-20-18(2,3)4)15-9-11-16(19)12-10-15/h9-12,17,20H,5-8,13-14H2,1-4H3. The molecule has 0 bridgehead atoms. The lowest BCUT2D eigenvalue weighted by atomic mass is 10.1. The van der Waals surface area contributed by atoms with Gasteiger partial charge in [0.05, 0.1) is 6.10 Å². The van der Waals surface area contributed by atoms with Crippen LogP contribution in [0, 0.1) is 5.82 Å². The minimum absolute atomic E-state index is 0.0218. The minimum atomic E-state index is -0.204. The Kier molecular flexibility index (Phi) is 7.91. The van der Waals surface area contributed by atoms with E-state index in [2.05, 4.69) is 33.0 Å². The highest BCUT2D eigenvalue weighted by molar-refractivity contribution is 5.19. The van der Waals surface area contributed by atoms with Crippen molar-refractivity contribution in [2.75, 3.05) is 13.2 Å². The van der Waals surface area contributed by atoms with Crippen LogP contribution in [0.5, 0.6) is 0 Å². The summed E-state index contributed by atoms with van der Waals surface area (Å²) in [6, 6.07) is 6.63. The van der Waals surface area contributed by atoms with E-state index in [1.165, 1.54) is 31.4 Å². The van der Waals surface area contributed by atoms with Crippen LogP contribution < -0.4 is 5.32 Å². The Hall–Kier alpha value is -0.930. The first-order valence-electron chi connectivity index (χ1n) is 8.04. The first kappa shape index (κ1) is 18.1. The third kappa shape index (κ3) is 8.18. The van der Waals surface area contributed by atoms with Crippen molar-refractivity contribution in [1.29, 1.82) is 0 Å². The molecule has 0 radical (unpaired) electrons. The maximum atomic E-state index is 13.1. The van der Waals surface area contributed by atoms with Crippen molar-refractivity contribution < 1.29 is 9.13 Å². The van der Waals surface area contributed by atoms with Gasteiger partial charge in [-0.15, -0.1) is 0 Å². The molecule has 1 N–H and O–H groups in total. The SMILES string of the molecule is CCCCCCOC(CNC(C)(C)C)c1ccc(F)cc1. The van der Waals surface area contributed by atoms with E-state index in [9.17, 15) is 4.39 Å². The molecule has 0 heterocycles. The molecular formula is C18H30FNO. The average Bonchev–Trinajstić information content (AvgIpc) is 2.42. The van der Waals surface area contributed by atoms with Crippen LogP contribution in [0.4, 0.5) is 4.39 Å². The molecule has 120 valence electrons. The van der Waals surface area contributed by atoms with Gasteiger partial charge in [0.1, 0.15) is 5.82 Å². The molecule has 1 atom stereocenters. The lowest BCUT2D eigenvalue weighted by Crippen LogP contribution is -2.39. The highest BCUT2D eigenvalue weighted by Gasteiger charge is 2.16. The van der Waals surface area contributed by atoms with Gasteiger partial charge in [0.15, 0.2) is 0 Å². The van der Waals surface area contributed by atoms with Crippen molar-refractivity contribution in [2.24, 2.45) is 0 Å². The molecule has 0 amide bonds. The summed E-state index contributed by atoms with van der Waals surface area (Å²) in [5.74, 6) is -0.204. The second kappa shape index (κ2) is 9.16. The quantitative estimate of drug-likeness (QED) is 0.657. The van der Waals surface area contributed by atoms with E-state index < -0.39 is 0 Å². The first-order valence-corrected chi connectivity index (χ1v) is 8.04. The van der Waals surface area contributed by atoms with E-state index in [4.69, 9.17) is 4.74 Å². The van der Waals surface area contributed by atoms with Crippen molar-refractivity contribution in [3.05, 3.63) is 35.6 Å². The van der Waals surface area contributed by atoms with Gasteiger partial charge in [-0.3, -0.25) is 0 Å². The number of benzene rings is 1. The van der Waals surface area contributed by atoms with Crippen molar-refractivity contribution in [1.82, 2.24) is 5.32 Å². The van der Waals surface area contributed by atoms with Crippen LogP contribution in [0.15, 0.2) is 24.3 Å². The van der Waals surface area contributed by atoms with E-state index >= 15 is 0 Å². The van der Waals surface area contributed by atoms with E-state index in [-0.39, 0.29) is 17.5 Å². The van der Waals surface area contributed by atoms with Gasteiger partial charge in [-0.25, -0.2) is 4.39 Å². The Bertz CT molecular complexity index is 383. The molecule has 0 saturated heterocycles. The number of nitrogens with one attached hydrogen (secondary N) is 1. The van der Waals surface area contributed by atoms with Crippen LogP contribution in [0.2, 0.25) is 0 Å². The molecule has 1 unspecified atom stereocenters. The third-order valence-electron chi connectivity index (χ3n) is 3.38. The average molecular weight is 295 g/mol. The summed E-state index contributed by atoms with van der Waals surface area (Å²) in [6.07, 6.45) is 4.75. The zero-order valence-corrected chi connectivity index (χ0v) is 13.9. The van der Waals surface area contributed by atoms with Gasteiger partial charge in [-0.1, -0.05) is 38.3 Å². The van der Waals surface area contributed by atoms with E-state index in [1.807, 2.05) is 12.1 Å². The highest BCUT2D eigenvalue weighted by atomic mass is 19.1. The maximum Gasteiger partial charge on any atom is 0.123 e. The van der Waals surface area contributed by atoms with Crippen LogP contribution in [-0.2, 0) is 4.74 Å². The first-order chi connectivity index (χ1) is 9.92. The Balaban J connectivity index is 2.55. The summed E-state index contributed by atoms with van der Waals surface area (Å²) in [5.41, 5.74) is 1.08. The minimum Gasteiger partial charge on any atom is -0.372 e. The second-order valence-electron chi connectivity index (χ2n) is 6.60. The second-order valence-corrected chi connectivity index (χ2v) is 6.60. The Labute approximate surface area is 129 Å². The van der Waals surface area contributed by atoms with Crippen LogP contribution in [0.3, 0.4) is 0 Å². The molecule has 0 aliphatic carbocycles. The number of ether oxygens (including phenoxy) is 1. The van der Waals surface area contributed by atoms with Crippen LogP contribution >= 0.6 is 0 Å². The maximum absolute atomic E-state index is 13.1. The number of hydrogen-bond donors (Lipinski definition) is 1. The molecule has 1 aromatic rings. The van der Waals surface area contributed by atoms with Gasteiger partial charge in [-0.05, 0) is 44.9 Å². The predicted octanol–water partition coefficient (Wildman–Crippen LogP) is 4.85. The fraction of sp³-hybridized carbons (Fsp3) is 0.667. The van der Waals surface area contributed by atoms with Crippen molar-refractivity contribution in [3.63, 3.8) is 0 Å². The lowest BCUT2D eigenvalue weighted by Gasteiger charge is -2.26. The van der Waals surface area contributed by atoms with E-state index in [0.717, 1.165) is 25.1 Å². The third-order valence-corrected chi connectivity index (χ3v) is 3.38. The largest absolute Gasteiger partial charge is 0.372 e. The molecule has 2 nitrogen and oxygen atoms in total. The molecule has 1 rings (SSSR count). The molecule has 1 aromatic carbocycles. The smallest absolute Gasteiger partial charge is 0.123 e. The monoisotopic (exact) mass is 295 g/mol. The predicted molar refractivity (Wildman–Crippen MR) is 87.0 cm³/mol. The molecule has 0 aromatic heterocycles. The van der Waals surface area contributed by atoms with Crippen molar-refractivity contribution in [2.45, 2.75) is 65.0 Å². The zero-order valence-electron chi connectivity index (χ0n) is 13.9. The highest BCUT2D eigenvalue weighted by Crippen LogP contribution is 2.19. The summed E-state index contributed by atoms with van der Waals surface area (Å²) >= 11 is 0.